The van der Waals surface area contributed by atoms with E-state index < -0.39 is 6.09 Å². The number of cyclic esters (lactones) is 1. The third-order valence-corrected chi connectivity index (χ3v) is 5.73. The van der Waals surface area contributed by atoms with E-state index in [4.69, 9.17) is 4.74 Å². The minimum absolute atomic E-state index is 0.163. The number of fused-ring (bicyclic) bond motifs is 1. The largest absolute Gasteiger partial charge is 0.447 e. The van der Waals surface area contributed by atoms with Crippen LogP contribution in [0.5, 0.6) is 0 Å². The Labute approximate surface area is 156 Å². The highest BCUT2D eigenvalue weighted by molar-refractivity contribution is 7.17. The molecule has 1 fully saturated rings. The van der Waals surface area contributed by atoms with Crippen molar-refractivity contribution in [3.05, 3.63) is 71.1 Å². The lowest BCUT2D eigenvalue weighted by atomic mass is 10.0. The lowest BCUT2D eigenvalue weighted by Crippen LogP contribution is -2.40. The van der Waals surface area contributed by atoms with E-state index in [1.807, 2.05) is 42.5 Å². The first-order valence-corrected chi connectivity index (χ1v) is 9.58. The Hall–Kier alpha value is -2.66. The van der Waals surface area contributed by atoms with E-state index in [0.29, 0.717) is 19.3 Å². The molecular weight excluding hydrogens is 346 g/mol. The smallest absolute Gasteiger partial charge is 0.416 e. The van der Waals surface area contributed by atoms with E-state index in [2.05, 4.69) is 17.5 Å². The molecule has 4 rings (SSSR count). The van der Waals surface area contributed by atoms with Crippen molar-refractivity contribution in [3.63, 3.8) is 0 Å². The fraction of sp³-hybridized carbons (Fsp3) is 0.238. The zero-order valence-electron chi connectivity index (χ0n) is 14.3. The molecule has 2 heterocycles. The molecule has 1 saturated heterocycles. The van der Waals surface area contributed by atoms with E-state index in [1.54, 1.807) is 11.3 Å². The predicted molar refractivity (Wildman–Crippen MR) is 102 cm³/mol. The van der Waals surface area contributed by atoms with Crippen LogP contribution < -0.4 is 0 Å². The highest BCUT2D eigenvalue weighted by atomic mass is 32.1. The van der Waals surface area contributed by atoms with E-state index in [0.717, 1.165) is 11.1 Å². The van der Waals surface area contributed by atoms with Crippen LogP contribution in [-0.2, 0) is 22.4 Å². The van der Waals surface area contributed by atoms with Crippen LogP contribution in [-0.4, -0.2) is 29.5 Å². The van der Waals surface area contributed by atoms with Gasteiger partial charge in [-0.1, -0.05) is 48.5 Å². The molecule has 0 unspecified atom stereocenters. The number of hydrogen-bond donors (Lipinski definition) is 0. The average Bonchev–Trinajstić information content (AvgIpc) is 3.24. The van der Waals surface area contributed by atoms with Crippen molar-refractivity contribution >= 4 is 33.4 Å². The second-order valence-electron chi connectivity index (χ2n) is 6.44. The maximum absolute atomic E-state index is 12.7. The molecule has 2 amide bonds. The number of hydrogen-bond acceptors (Lipinski definition) is 4. The molecule has 0 radical (unpaired) electrons. The number of carbonyl (C=O) groups excluding carboxylic acids is 2. The number of carbonyl (C=O) groups is 2. The van der Waals surface area contributed by atoms with Crippen LogP contribution in [0.4, 0.5) is 4.79 Å². The lowest BCUT2D eigenvalue weighted by Gasteiger charge is -2.19. The Bertz CT molecular complexity index is 935. The van der Waals surface area contributed by atoms with Crippen LogP contribution in [0.2, 0.25) is 0 Å². The minimum Gasteiger partial charge on any atom is -0.447 e. The van der Waals surface area contributed by atoms with E-state index in [9.17, 15) is 9.59 Å². The summed E-state index contributed by atoms with van der Waals surface area (Å²) in [5.41, 5.74) is 2.25. The van der Waals surface area contributed by atoms with Crippen LogP contribution in [0.15, 0.2) is 60.0 Å². The first kappa shape index (κ1) is 16.8. The van der Waals surface area contributed by atoms with Gasteiger partial charge in [0.15, 0.2) is 0 Å². The fourth-order valence-electron chi connectivity index (χ4n) is 3.39. The number of nitrogens with zero attached hydrogens (tertiary/aromatic N) is 1. The normalized spacial score (nSPS) is 16.8. The summed E-state index contributed by atoms with van der Waals surface area (Å²) in [5, 5.41) is 3.29. The van der Waals surface area contributed by atoms with Gasteiger partial charge in [0.05, 0.1) is 6.04 Å². The third kappa shape index (κ3) is 3.35. The van der Waals surface area contributed by atoms with Crippen LogP contribution in [0, 0.1) is 0 Å². The zero-order valence-corrected chi connectivity index (χ0v) is 15.1. The average molecular weight is 365 g/mol. The maximum atomic E-state index is 12.7. The quantitative estimate of drug-likeness (QED) is 0.672. The topological polar surface area (TPSA) is 46.6 Å². The van der Waals surface area contributed by atoms with Crippen molar-refractivity contribution in [2.75, 3.05) is 6.61 Å². The van der Waals surface area contributed by atoms with E-state index >= 15 is 0 Å². The molecule has 0 aliphatic carbocycles. The SMILES string of the molecule is O=C(CCc1csc2ccccc12)N1C(=O)OC[C@H]1Cc1ccccc1. The van der Waals surface area contributed by atoms with Gasteiger partial charge in [-0.2, -0.15) is 0 Å². The van der Waals surface area contributed by atoms with Crippen molar-refractivity contribution in [2.45, 2.75) is 25.3 Å². The number of thiophene rings is 1. The third-order valence-electron chi connectivity index (χ3n) is 4.71. The Balaban J connectivity index is 1.44. The van der Waals surface area contributed by atoms with Gasteiger partial charge in [0.1, 0.15) is 6.61 Å². The van der Waals surface area contributed by atoms with Gasteiger partial charge in [-0.05, 0) is 40.8 Å². The second kappa shape index (κ2) is 7.30. The van der Waals surface area contributed by atoms with Gasteiger partial charge < -0.3 is 4.74 Å². The number of benzene rings is 2. The van der Waals surface area contributed by atoms with Crippen LogP contribution in [0.25, 0.3) is 10.1 Å². The van der Waals surface area contributed by atoms with Crippen LogP contribution >= 0.6 is 11.3 Å². The lowest BCUT2D eigenvalue weighted by molar-refractivity contribution is -0.129. The molecule has 26 heavy (non-hydrogen) atoms. The predicted octanol–water partition coefficient (Wildman–Crippen LogP) is 4.42. The fourth-order valence-corrected chi connectivity index (χ4v) is 4.39. The summed E-state index contributed by atoms with van der Waals surface area (Å²) in [6.45, 7) is 0.265. The molecule has 5 heteroatoms. The summed E-state index contributed by atoms with van der Waals surface area (Å²) in [7, 11) is 0. The molecule has 0 N–H and O–H groups in total. The molecule has 4 nitrogen and oxygen atoms in total. The Kier molecular flexibility index (Phi) is 4.71. The zero-order chi connectivity index (χ0) is 17.9. The van der Waals surface area contributed by atoms with E-state index in [1.165, 1.54) is 15.0 Å². The molecule has 0 saturated carbocycles. The van der Waals surface area contributed by atoms with Crippen molar-refractivity contribution in [3.8, 4) is 0 Å². The van der Waals surface area contributed by atoms with Crippen molar-refractivity contribution in [1.29, 1.82) is 0 Å². The highest BCUT2D eigenvalue weighted by Crippen LogP contribution is 2.27. The number of imide groups is 1. The minimum atomic E-state index is -0.522. The highest BCUT2D eigenvalue weighted by Gasteiger charge is 2.37. The molecule has 3 aromatic rings. The summed E-state index contributed by atoms with van der Waals surface area (Å²) >= 11 is 1.68. The van der Waals surface area contributed by atoms with Crippen molar-refractivity contribution in [2.24, 2.45) is 0 Å². The summed E-state index contributed by atoms with van der Waals surface area (Å²) < 4.78 is 6.37. The standard InChI is InChI=1S/C21H19NO3S/c23-20(11-10-16-14-26-19-9-5-4-8-18(16)19)22-17(13-25-21(22)24)12-15-6-2-1-3-7-15/h1-9,14,17H,10-13H2/t17-/m1/s1. The van der Waals surface area contributed by atoms with Gasteiger partial charge in [-0.15, -0.1) is 11.3 Å². The Morgan fingerprint density at radius 1 is 1.12 bits per heavy atom. The molecule has 1 aliphatic rings. The number of ether oxygens (including phenoxy) is 1. The molecule has 1 aliphatic heterocycles. The Morgan fingerprint density at radius 2 is 1.88 bits per heavy atom. The van der Waals surface area contributed by atoms with Gasteiger partial charge in [0.25, 0.3) is 0 Å². The van der Waals surface area contributed by atoms with Gasteiger partial charge in [-0.3, -0.25) is 4.79 Å². The van der Waals surface area contributed by atoms with Crippen molar-refractivity contribution < 1.29 is 14.3 Å². The summed E-state index contributed by atoms with van der Waals surface area (Å²) in [6.07, 6.45) is 1.04. The van der Waals surface area contributed by atoms with Crippen molar-refractivity contribution in [1.82, 2.24) is 4.90 Å². The van der Waals surface area contributed by atoms with Crippen LogP contribution in [0.3, 0.4) is 0 Å². The maximum Gasteiger partial charge on any atom is 0.416 e. The summed E-state index contributed by atoms with van der Waals surface area (Å²) in [6, 6.07) is 17.8. The molecule has 1 atom stereocenters. The first-order valence-electron chi connectivity index (χ1n) is 8.70. The number of rotatable bonds is 5. The van der Waals surface area contributed by atoms with Gasteiger partial charge in [0, 0.05) is 11.1 Å². The van der Waals surface area contributed by atoms with Gasteiger partial charge >= 0.3 is 6.09 Å². The van der Waals surface area contributed by atoms with Gasteiger partial charge in [-0.25, -0.2) is 9.69 Å². The molecule has 0 spiro atoms. The molecule has 0 bridgehead atoms. The van der Waals surface area contributed by atoms with Crippen LogP contribution in [0.1, 0.15) is 17.5 Å². The van der Waals surface area contributed by atoms with E-state index in [-0.39, 0.29) is 18.6 Å². The molecule has 2 aromatic carbocycles. The number of amides is 2. The van der Waals surface area contributed by atoms with Gasteiger partial charge in [0.2, 0.25) is 5.91 Å². The first-order chi connectivity index (χ1) is 12.7. The molecule has 1 aromatic heterocycles. The second-order valence-corrected chi connectivity index (χ2v) is 7.35. The summed E-state index contributed by atoms with van der Waals surface area (Å²) in [5.74, 6) is -0.163. The monoisotopic (exact) mass is 365 g/mol. The summed E-state index contributed by atoms with van der Waals surface area (Å²) in [4.78, 5) is 26.1. The number of aryl methyl sites for hydroxylation is 1. The Morgan fingerprint density at radius 3 is 2.73 bits per heavy atom. The molecular formula is C21H19NO3S. The molecule has 132 valence electrons.